The van der Waals surface area contributed by atoms with Gasteiger partial charge in [-0.1, -0.05) is 0 Å². The van der Waals surface area contributed by atoms with E-state index in [0.29, 0.717) is 6.41 Å². The van der Waals surface area contributed by atoms with Crippen LogP contribution in [0.1, 0.15) is 0 Å². The third kappa shape index (κ3) is 3.01. The van der Waals surface area contributed by atoms with Crippen molar-refractivity contribution in [2.45, 2.75) is 0 Å². The van der Waals surface area contributed by atoms with Crippen molar-refractivity contribution in [3.05, 3.63) is 48.5 Å². The molecule has 0 aromatic heterocycles. The third-order valence-corrected chi connectivity index (χ3v) is 2.57. The Hall–Kier alpha value is -2.49. The Morgan fingerprint density at radius 1 is 0.778 bits per heavy atom. The number of nitrogens with one attached hydrogen (secondary N) is 3. The second-order valence-corrected chi connectivity index (χ2v) is 3.79. The predicted molar refractivity (Wildman–Crippen MR) is 75.4 cm³/mol. The smallest absolute Gasteiger partial charge is 0.211 e. The van der Waals surface area contributed by atoms with E-state index in [1.807, 2.05) is 55.6 Å². The molecule has 0 heterocycles. The van der Waals surface area contributed by atoms with Gasteiger partial charge < -0.3 is 16.0 Å². The van der Waals surface area contributed by atoms with Crippen molar-refractivity contribution in [3.63, 3.8) is 0 Å². The normalized spacial score (nSPS) is 9.61. The fourth-order valence-electron chi connectivity index (χ4n) is 1.60. The summed E-state index contributed by atoms with van der Waals surface area (Å²) in [5.41, 5.74) is 3.85. The number of rotatable bonds is 5. The standard InChI is InChI=1S/C14H15N3O/c1-15-11-2-6-13(7-3-11)17-14-8-4-12(5-9-14)16-10-18/h2-10,15,17H,1H3,(H,16,18). The summed E-state index contributed by atoms with van der Waals surface area (Å²) in [4.78, 5) is 10.3. The minimum atomic E-state index is 0.666. The van der Waals surface area contributed by atoms with Crippen LogP contribution in [0, 0.1) is 0 Å². The maximum absolute atomic E-state index is 10.3. The Morgan fingerprint density at radius 3 is 1.67 bits per heavy atom. The molecule has 1 amide bonds. The van der Waals surface area contributed by atoms with Gasteiger partial charge in [0.15, 0.2) is 0 Å². The van der Waals surface area contributed by atoms with E-state index in [2.05, 4.69) is 16.0 Å². The van der Waals surface area contributed by atoms with Crippen LogP contribution < -0.4 is 16.0 Å². The molecule has 2 rings (SSSR count). The Morgan fingerprint density at radius 2 is 1.22 bits per heavy atom. The minimum Gasteiger partial charge on any atom is -0.388 e. The van der Waals surface area contributed by atoms with Crippen molar-refractivity contribution in [1.29, 1.82) is 0 Å². The number of amides is 1. The number of carbonyl (C=O) groups excluding carboxylic acids is 1. The van der Waals surface area contributed by atoms with Crippen LogP contribution in [0.4, 0.5) is 22.7 Å². The van der Waals surface area contributed by atoms with Gasteiger partial charge in [0.05, 0.1) is 0 Å². The van der Waals surface area contributed by atoms with E-state index in [4.69, 9.17) is 0 Å². The molecule has 0 saturated heterocycles. The Balaban J connectivity index is 2.05. The molecule has 0 aliphatic rings. The molecule has 0 radical (unpaired) electrons. The van der Waals surface area contributed by atoms with Crippen molar-refractivity contribution >= 4 is 29.2 Å². The fraction of sp³-hybridized carbons (Fsp3) is 0.0714. The Kier molecular flexibility index (Phi) is 3.81. The lowest BCUT2D eigenvalue weighted by Crippen LogP contribution is -1.94. The van der Waals surface area contributed by atoms with E-state index in [1.54, 1.807) is 0 Å². The van der Waals surface area contributed by atoms with E-state index in [-0.39, 0.29) is 0 Å². The summed E-state index contributed by atoms with van der Waals surface area (Å²) in [6, 6.07) is 15.5. The number of hydrogen-bond donors (Lipinski definition) is 3. The third-order valence-electron chi connectivity index (χ3n) is 2.57. The average Bonchev–Trinajstić information content (AvgIpc) is 2.42. The summed E-state index contributed by atoms with van der Waals surface area (Å²) in [5, 5.41) is 8.95. The van der Waals surface area contributed by atoms with Gasteiger partial charge in [0, 0.05) is 29.8 Å². The largest absolute Gasteiger partial charge is 0.388 e. The van der Waals surface area contributed by atoms with Gasteiger partial charge in [-0.3, -0.25) is 4.79 Å². The molecule has 4 heteroatoms. The van der Waals surface area contributed by atoms with Gasteiger partial charge in [-0.2, -0.15) is 0 Å². The van der Waals surface area contributed by atoms with Crippen molar-refractivity contribution in [1.82, 2.24) is 0 Å². The Labute approximate surface area is 106 Å². The quantitative estimate of drug-likeness (QED) is 0.705. The molecule has 92 valence electrons. The summed E-state index contributed by atoms with van der Waals surface area (Å²) < 4.78 is 0. The lowest BCUT2D eigenvalue weighted by molar-refractivity contribution is -0.105. The van der Waals surface area contributed by atoms with E-state index in [1.165, 1.54) is 0 Å². The highest BCUT2D eigenvalue weighted by atomic mass is 16.1. The minimum absolute atomic E-state index is 0.666. The zero-order valence-electron chi connectivity index (χ0n) is 10.1. The molecule has 0 unspecified atom stereocenters. The van der Waals surface area contributed by atoms with Crippen molar-refractivity contribution in [2.24, 2.45) is 0 Å². The van der Waals surface area contributed by atoms with Gasteiger partial charge in [0.2, 0.25) is 6.41 Å². The van der Waals surface area contributed by atoms with Crippen LogP contribution >= 0.6 is 0 Å². The van der Waals surface area contributed by atoms with Crippen LogP contribution in [-0.2, 0) is 4.79 Å². The molecule has 4 nitrogen and oxygen atoms in total. The number of anilines is 4. The van der Waals surface area contributed by atoms with Crippen LogP contribution in [0.5, 0.6) is 0 Å². The molecule has 0 saturated carbocycles. The van der Waals surface area contributed by atoms with E-state index in [9.17, 15) is 4.79 Å². The highest BCUT2D eigenvalue weighted by molar-refractivity contribution is 5.73. The molecule has 2 aromatic rings. The molecule has 0 fully saturated rings. The van der Waals surface area contributed by atoms with Gasteiger partial charge >= 0.3 is 0 Å². The van der Waals surface area contributed by atoms with Crippen molar-refractivity contribution < 1.29 is 4.79 Å². The number of benzene rings is 2. The van der Waals surface area contributed by atoms with Crippen LogP contribution in [0.25, 0.3) is 0 Å². The molecule has 0 aliphatic heterocycles. The second kappa shape index (κ2) is 5.72. The highest BCUT2D eigenvalue weighted by Crippen LogP contribution is 2.20. The monoisotopic (exact) mass is 241 g/mol. The predicted octanol–water partition coefficient (Wildman–Crippen LogP) is 3.04. The molecule has 2 aromatic carbocycles. The molecule has 0 spiro atoms. The van der Waals surface area contributed by atoms with Gasteiger partial charge in [-0.25, -0.2) is 0 Å². The van der Waals surface area contributed by atoms with E-state index >= 15 is 0 Å². The summed E-state index contributed by atoms with van der Waals surface area (Å²) in [7, 11) is 1.89. The second-order valence-electron chi connectivity index (χ2n) is 3.79. The highest BCUT2D eigenvalue weighted by Gasteiger charge is 1.95. The maximum atomic E-state index is 10.3. The zero-order valence-corrected chi connectivity index (χ0v) is 10.1. The molecular weight excluding hydrogens is 226 g/mol. The first-order chi connectivity index (χ1) is 8.81. The first-order valence-corrected chi connectivity index (χ1v) is 5.67. The molecule has 0 aliphatic carbocycles. The molecule has 0 bridgehead atoms. The number of carbonyl (C=O) groups is 1. The SMILES string of the molecule is CNc1ccc(Nc2ccc(NC=O)cc2)cc1. The fourth-order valence-corrected chi connectivity index (χ4v) is 1.60. The van der Waals surface area contributed by atoms with Crippen LogP contribution in [0.2, 0.25) is 0 Å². The van der Waals surface area contributed by atoms with E-state index < -0.39 is 0 Å². The number of hydrogen-bond acceptors (Lipinski definition) is 3. The van der Waals surface area contributed by atoms with Crippen LogP contribution in [0.3, 0.4) is 0 Å². The van der Waals surface area contributed by atoms with Gasteiger partial charge in [-0.15, -0.1) is 0 Å². The zero-order chi connectivity index (χ0) is 12.8. The van der Waals surface area contributed by atoms with Crippen LogP contribution in [-0.4, -0.2) is 13.5 Å². The van der Waals surface area contributed by atoms with Crippen LogP contribution in [0.15, 0.2) is 48.5 Å². The summed E-state index contributed by atoms with van der Waals surface area (Å²) in [5.74, 6) is 0. The summed E-state index contributed by atoms with van der Waals surface area (Å²) in [6.07, 6.45) is 0.666. The van der Waals surface area contributed by atoms with Crippen molar-refractivity contribution in [3.8, 4) is 0 Å². The summed E-state index contributed by atoms with van der Waals surface area (Å²) >= 11 is 0. The average molecular weight is 241 g/mol. The van der Waals surface area contributed by atoms with Gasteiger partial charge in [0.25, 0.3) is 0 Å². The molecule has 3 N–H and O–H groups in total. The topological polar surface area (TPSA) is 53.2 Å². The van der Waals surface area contributed by atoms with Gasteiger partial charge in [0.1, 0.15) is 0 Å². The maximum Gasteiger partial charge on any atom is 0.211 e. The van der Waals surface area contributed by atoms with Crippen molar-refractivity contribution in [2.75, 3.05) is 23.0 Å². The summed E-state index contributed by atoms with van der Waals surface area (Å²) in [6.45, 7) is 0. The Bertz CT molecular complexity index is 506. The van der Waals surface area contributed by atoms with E-state index in [0.717, 1.165) is 22.7 Å². The molecule has 18 heavy (non-hydrogen) atoms. The molecular formula is C14H15N3O. The lowest BCUT2D eigenvalue weighted by Gasteiger charge is -2.08. The first kappa shape index (κ1) is 12.0. The lowest BCUT2D eigenvalue weighted by atomic mass is 10.2. The first-order valence-electron chi connectivity index (χ1n) is 5.67. The molecule has 0 atom stereocenters. The van der Waals surface area contributed by atoms with Gasteiger partial charge in [-0.05, 0) is 48.5 Å².